The number of ketones is 1. The highest BCUT2D eigenvalue weighted by molar-refractivity contribution is 6.06. The van der Waals surface area contributed by atoms with Crippen molar-refractivity contribution in [3.8, 4) is 0 Å². The molecule has 0 amide bonds. The Kier molecular flexibility index (Phi) is 3.66. The van der Waals surface area contributed by atoms with E-state index in [1.54, 1.807) is 38.2 Å². The lowest BCUT2D eigenvalue weighted by atomic mass is 10.0. The second-order valence-corrected chi connectivity index (χ2v) is 5.54. The molecule has 121 valence electrons. The minimum absolute atomic E-state index is 0.0329. The number of alkyl halides is 3. The molecule has 1 aliphatic heterocycles. The number of fused-ring (bicyclic) bond motifs is 1. The number of halogens is 3. The number of Topliss-reactive ketones (excluding diaryl/α,β-unsaturated/α-hetero) is 1. The predicted octanol–water partition coefficient (Wildman–Crippen LogP) is 3.40. The Balaban J connectivity index is 2.01. The smallest absolute Gasteiger partial charge is 0.364 e. The first-order valence-corrected chi connectivity index (χ1v) is 7.29. The Morgan fingerprint density at radius 3 is 2.65 bits per heavy atom. The summed E-state index contributed by atoms with van der Waals surface area (Å²) in [6.07, 6.45) is -4.08. The summed E-state index contributed by atoms with van der Waals surface area (Å²) in [5, 5.41) is 3.32. The Labute approximate surface area is 131 Å². The molecule has 1 aliphatic carbocycles. The van der Waals surface area contributed by atoms with Gasteiger partial charge in [0.2, 0.25) is 0 Å². The van der Waals surface area contributed by atoms with Crippen molar-refractivity contribution in [1.29, 1.82) is 0 Å². The van der Waals surface area contributed by atoms with Gasteiger partial charge in [0.1, 0.15) is 0 Å². The molecule has 0 N–H and O–H groups in total. The van der Waals surface area contributed by atoms with E-state index in [0.717, 1.165) is 5.56 Å². The van der Waals surface area contributed by atoms with E-state index in [-0.39, 0.29) is 23.6 Å². The molecule has 1 aromatic rings. The first-order valence-electron chi connectivity index (χ1n) is 7.29. The molecule has 7 heteroatoms. The number of hydrogen-bond acceptors (Lipinski definition) is 3. The van der Waals surface area contributed by atoms with Gasteiger partial charge in [-0.15, -0.1) is 5.10 Å². The lowest BCUT2D eigenvalue weighted by molar-refractivity contribution is -0.0594. The van der Waals surface area contributed by atoms with E-state index in [0.29, 0.717) is 12.0 Å². The van der Waals surface area contributed by atoms with Gasteiger partial charge in [0.25, 0.3) is 0 Å². The fourth-order valence-corrected chi connectivity index (χ4v) is 3.08. The van der Waals surface area contributed by atoms with E-state index in [9.17, 15) is 18.0 Å². The van der Waals surface area contributed by atoms with Gasteiger partial charge in [-0.1, -0.05) is 31.2 Å². The molecule has 2 aliphatic rings. The Morgan fingerprint density at radius 1 is 1.30 bits per heavy atom. The van der Waals surface area contributed by atoms with Crippen LogP contribution in [0.15, 0.2) is 40.8 Å². The first-order chi connectivity index (χ1) is 10.8. The number of carbonyl (C=O) groups excluding carboxylic acids is 1. The topological polar surface area (TPSA) is 46.8 Å². The number of hydrogen-bond donors (Lipinski definition) is 0. The van der Waals surface area contributed by atoms with Crippen molar-refractivity contribution in [2.75, 3.05) is 7.05 Å². The average molecular weight is 322 g/mol. The van der Waals surface area contributed by atoms with Crippen molar-refractivity contribution >= 4 is 11.5 Å². The standard InChI is InChI=1S/C16H15F3N3O/c1-3-11-14(15(21-20-11)16(17,18)19)22(2)12-8-13(23)10-7-5-4-6-9(10)12/h4-7,12H,3,8H2,1-2H3. The molecule has 1 aromatic carbocycles. The van der Waals surface area contributed by atoms with Crippen LogP contribution in [0.25, 0.3) is 0 Å². The molecule has 4 nitrogen and oxygen atoms in total. The van der Waals surface area contributed by atoms with Crippen LogP contribution in [0.2, 0.25) is 0 Å². The number of allylic oxidation sites excluding steroid dienone is 2. The normalized spacial score (nSPS) is 20.5. The highest BCUT2D eigenvalue weighted by Crippen LogP contribution is 2.40. The fourth-order valence-electron chi connectivity index (χ4n) is 3.08. The van der Waals surface area contributed by atoms with Gasteiger partial charge in [-0.3, -0.25) is 4.79 Å². The summed E-state index contributed by atoms with van der Waals surface area (Å²) in [6.45, 7) is 1.73. The molecule has 0 aromatic heterocycles. The third-order valence-electron chi connectivity index (χ3n) is 4.19. The Bertz CT molecular complexity index is 722. The van der Waals surface area contributed by atoms with Crippen molar-refractivity contribution in [2.45, 2.75) is 32.0 Å². The van der Waals surface area contributed by atoms with Crippen LogP contribution >= 0.6 is 0 Å². The van der Waals surface area contributed by atoms with Gasteiger partial charge in [-0.25, -0.2) is 0 Å². The molecule has 1 unspecified atom stereocenters. The van der Waals surface area contributed by atoms with Crippen molar-refractivity contribution in [2.24, 2.45) is 5.10 Å². The molecule has 3 rings (SSSR count). The Morgan fingerprint density at radius 2 is 2.00 bits per heavy atom. The molecule has 0 fully saturated rings. The Hall–Kier alpha value is -2.31. The SMILES string of the molecule is CCC1=C(N(C)C2CC(=O)c3ccccc32)C(C(F)(F)F)=N[N]1. The maximum Gasteiger partial charge on any atom is 0.437 e. The molecule has 0 saturated heterocycles. The van der Waals surface area contributed by atoms with Crippen LogP contribution in [0.3, 0.4) is 0 Å². The van der Waals surface area contributed by atoms with Crippen LogP contribution in [0.4, 0.5) is 13.2 Å². The summed E-state index contributed by atoms with van der Waals surface area (Å²) in [6, 6.07) is 6.59. The van der Waals surface area contributed by atoms with Gasteiger partial charge in [-0.2, -0.15) is 18.6 Å². The van der Waals surface area contributed by atoms with E-state index in [4.69, 9.17) is 0 Å². The van der Waals surface area contributed by atoms with Crippen LogP contribution in [-0.2, 0) is 0 Å². The molecule has 1 heterocycles. The number of benzene rings is 1. The van der Waals surface area contributed by atoms with Gasteiger partial charge >= 0.3 is 6.18 Å². The summed E-state index contributed by atoms with van der Waals surface area (Å²) in [4.78, 5) is 13.6. The molecule has 23 heavy (non-hydrogen) atoms. The van der Waals surface area contributed by atoms with Crippen LogP contribution in [-0.4, -0.2) is 29.6 Å². The molecule has 1 atom stereocenters. The molecule has 0 bridgehead atoms. The lowest BCUT2D eigenvalue weighted by Gasteiger charge is -2.29. The fraction of sp³-hybridized carbons (Fsp3) is 0.375. The maximum absolute atomic E-state index is 13.2. The zero-order chi connectivity index (χ0) is 16.8. The molecular formula is C16H15F3N3O. The number of carbonyl (C=O) groups is 1. The van der Waals surface area contributed by atoms with Crippen molar-refractivity contribution in [3.05, 3.63) is 46.8 Å². The van der Waals surface area contributed by atoms with E-state index in [2.05, 4.69) is 10.5 Å². The first kappa shape index (κ1) is 15.6. The molecule has 0 spiro atoms. The minimum Gasteiger partial charge on any atom is -0.364 e. The summed E-state index contributed by atoms with van der Waals surface area (Å²) in [5.74, 6) is -0.0588. The van der Waals surface area contributed by atoms with E-state index < -0.39 is 17.9 Å². The van der Waals surface area contributed by atoms with Gasteiger partial charge in [0, 0.05) is 19.0 Å². The maximum atomic E-state index is 13.2. The van der Waals surface area contributed by atoms with Crippen molar-refractivity contribution in [1.82, 2.24) is 10.3 Å². The number of nitrogens with zero attached hydrogens (tertiary/aromatic N) is 3. The monoisotopic (exact) mass is 322 g/mol. The van der Waals surface area contributed by atoms with Crippen LogP contribution in [0.5, 0.6) is 0 Å². The highest BCUT2D eigenvalue weighted by atomic mass is 19.4. The van der Waals surface area contributed by atoms with Gasteiger partial charge in [0.15, 0.2) is 11.5 Å². The molecular weight excluding hydrogens is 307 g/mol. The van der Waals surface area contributed by atoms with Crippen LogP contribution < -0.4 is 5.43 Å². The molecule has 0 saturated carbocycles. The summed E-state index contributed by atoms with van der Waals surface area (Å²) in [7, 11) is 1.56. The van der Waals surface area contributed by atoms with Crippen molar-refractivity contribution in [3.63, 3.8) is 0 Å². The zero-order valence-electron chi connectivity index (χ0n) is 12.7. The van der Waals surface area contributed by atoms with Crippen molar-refractivity contribution < 1.29 is 18.0 Å². The second-order valence-electron chi connectivity index (χ2n) is 5.54. The predicted molar refractivity (Wildman–Crippen MR) is 78.8 cm³/mol. The van der Waals surface area contributed by atoms with Gasteiger partial charge in [0.05, 0.1) is 17.4 Å². The van der Waals surface area contributed by atoms with E-state index in [1.807, 2.05) is 0 Å². The third-order valence-corrected chi connectivity index (χ3v) is 4.19. The minimum atomic E-state index is -4.58. The van der Waals surface area contributed by atoms with E-state index in [1.165, 1.54) is 4.90 Å². The third kappa shape index (κ3) is 2.50. The molecule has 1 radical (unpaired) electrons. The lowest BCUT2D eigenvalue weighted by Crippen LogP contribution is -2.34. The second kappa shape index (κ2) is 5.40. The zero-order valence-corrected chi connectivity index (χ0v) is 12.7. The van der Waals surface area contributed by atoms with Gasteiger partial charge in [-0.05, 0) is 12.0 Å². The number of rotatable bonds is 3. The summed E-state index contributed by atoms with van der Waals surface area (Å²) < 4.78 is 39.7. The van der Waals surface area contributed by atoms with Crippen LogP contribution in [0.1, 0.15) is 41.7 Å². The van der Waals surface area contributed by atoms with Gasteiger partial charge < -0.3 is 4.90 Å². The summed E-state index contributed by atoms with van der Waals surface area (Å²) >= 11 is 0. The highest BCUT2D eigenvalue weighted by Gasteiger charge is 2.46. The quantitative estimate of drug-likeness (QED) is 0.856. The van der Waals surface area contributed by atoms with E-state index >= 15 is 0 Å². The van der Waals surface area contributed by atoms with Crippen LogP contribution in [0, 0.1) is 0 Å². The largest absolute Gasteiger partial charge is 0.437 e. The average Bonchev–Trinajstić information content (AvgIpc) is 3.08. The summed E-state index contributed by atoms with van der Waals surface area (Å²) in [5.41, 5.74) is 4.25.